The van der Waals surface area contributed by atoms with Gasteiger partial charge in [-0.2, -0.15) is 8.42 Å². The number of rotatable bonds is 4. The molecule has 0 bridgehead atoms. The Hall–Kier alpha value is 0.207. The van der Waals surface area contributed by atoms with Crippen LogP contribution in [0.2, 0.25) is 0 Å². The average Bonchev–Trinajstić information content (AvgIpc) is 2.07. The Morgan fingerprint density at radius 1 is 1.29 bits per heavy atom. The van der Waals surface area contributed by atoms with E-state index in [1.807, 2.05) is 0 Å². The third-order valence-corrected chi connectivity index (χ3v) is 1.97. The van der Waals surface area contributed by atoms with E-state index < -0.39 is 10.1 Å². The van der Waals surface area contributed by atoms with Gasteiger partial charge in [-0.1, -0.05) is 27.4 Å². The molecule has 0 aromatic rings. The van der Waals surface area contributed by atoms with Crippen LogP contribution in [0.1, 0.15) is 22.2 Å². The molecule has 0 heterocycles. The van der Waals surface area contributed by atoms with Gasteiger partial charge in [0.2, 0.25) is 0 Å². The summed E-state index contributed by atoms with van der Waals surface area (Å²) < 4.78 is 26.6. The molecule has 0 aliphatic heterocycles. The molecule has 4 nitrogen and oxygen atoms in total. The Morgan fingerprint density at radius 3 is 1.50 bits per heavy atom. The second-order valence-electron chi connectivity index (χ2n) is 2.30. The van der Waals surface area contributed by atoms with Crippen molar-refractivity contribution in [1.29, 1.82) is 0 Å². The molecule has 0 aliphatic carbocycles. The van der Waals surface area contributed by atoms with E-state index >= 15 is 0 Å². The van der Waals surface area contributed by atoms with Gasteiger partial charge in [-0.05, 0) is 19.6 Å². The van der Waals surface area contributed by atoms with E-state index in [1.165, 1.54) is 19.6 Å². The molecule has 0 aromatic carbocycles. The molecule has 0 fully saturated rings. The van der Waals surface area contributed by atoms with Gasteiger partial charge in [0.1, 0.15) is 0 Å². The molecule has 0 unspecified atom stereocenters. The zero-order valence-electron chi connectivity index (χ0n) is 10.5. The van der Waals surface area contributed by atoms with Crippen molar-refractivity contribution in [3.05, 3.63) is 12.0 Å². The summed E-state index contributed by atoms with van der Waals surface area (Å²) in [6.45, 7) is 12.9. The molecule has 0 radical (unpaired) electrons. The molecule has 0 atom stereocenters. The van der Waals surface area contributed by atoms with Gasteiger partial charge in [-0.25, -0.2) is 0 Å². The summed E-state index contributed by atoms with van der Waals surface area (Å²) in [5.41, 5.74) is 0. The van der Waals surface area contributed by atoms with E-state index in [4.69, 9.17) is 4.55 Å². The molecule has 82 valence electrons. The minimum Gasteiger partial charge on any atom is -1.00 e. The zero-order valence-corrected chi connectivity index (χ0v) is 10.3. The van der Waals surface area contributed by atoms with Crippen LogP contribution in [0.3, 0.4) is 0 Å². The van der Waals surface area contributed by atoms with Crippen LogP contribution in [-0.2, 0) is 10.1 Å². The molecule has 1 N–H and O–H groups in total. The first kappa shape index (κ1) is 19.7. The summed E-state index contributed by atoms with van der Waals surface area (Å²) in [6.07, 6.45) is 0. The molecule has 0 amide bonds. The topological polar surface area (TPSA) is 57.6 Å². The van der Waals surface area contributed by atoms with E-state index in [9.17, 15) is 8.42 Å². The third-order valence-electron chi connectivity index (χ3n) is 1.55. The standard InChI is InChI=1S/C6H15N.C2H4O3S.Li.H/c1-4-7(5-2)6-3;1-2-6(3,4)5;;/h4-6H2,1-3H3;2H,1H2,(H,3,4,5);;/q;;+1;-1. The van der Waals surface area contributed by atoms with Crippen LogP contribution >= 0.6 is 0 Å². The van der Waals surface area contributed by atoms with Crippen molar-refractivity contribution in [1.82, 2.24) is 4.90 Å². The normalized spacial score (nSPS) is 9.79. The summed E-state index contributed by atoms with van der Waals surface area (Å²) >= 11 is 0. The molecule has 0 rings (SSSR count). The maximum Gasteiger partial charge on any atom is 1.00 e. The van der Waals surface area contributed by atoms with Crippen LogP contribution in [0.5, 0.6) is 0 Å². The summed E-state index contributed by atoms with van der Waals surface area (Å²) in [5.74, 6) is 0. The Bertz CT molecular complexity index is 201. The summed E-state index contributed by atoms with van der Waals surface area (Å²) in [7, 11) is -3.90. The van der Waals surface area contributed by atoms with E-state index in [2.05, 4.69) is 32.3 Å². The van der Waals surface area contributed by atoms with Crippen molar-refractivity contribution >= 4 is 10.1 Å². The van der Waals surface area contributed by atoms with E-state index in [-0.39, 0.29) is 20.3 Å². The van der Waals surface area contributed by atoms with Crippen LogP contribution in [-0.4, -0.2) is 37.5 Å². The van der Waals surface area contributed by atoms with E-state index in [1.54, 1.807) is 0 Å². The molecule has 0 aromatic heterocycles. The molecule has 0 spiro atoms. The van der Waals surface area contributed by atoms with Crippen LogP contribution in [0.25, 0.3) is 0 Å². The summed E-state index contributed by atoms with van der Waals surface area (Å²) in [6, 6.07) is 0. The minimum atomic E-state index is -3.90. The summed E-state index contributed by atoms with van der Waals surface area (Å²) in [5, 5.41) is 0.465. The van der Waals surface area contributed by atoms with Gasteiger partial charge < -0.3 is 6.33 Å². The van der Waals surface area contributed by atoms with Crippen molar-refractivity contribution in [3.8, 4) is 0 Å². The first-order valence-corrected chi connectivity index (χ1v) is 5.73. The Labute approximate surface area is 101 Å². The SMILES string of the molecule is C=CS(=O)(=O)O.CCN(CC)CC.[H-].[Li+]. The molecule has 6 heteroatoms. The van der Waals surface area contributed by atoms with Crippen molar-refractivity contribution in [3.63, 3.8) is 0 Å². The Kier molecular flexibility index (Phi) is 15.9. The van der Waals surface area contributed by atoms with Crippen LogP contribution in [0.15, 0.2) is 12.0 Å². The Balaban J connectivity index is -0.0000000718. The Morgan fingerprint density at radius 2 is 1.50 bits per heavy atom. The maximum atomic E-state index is 9.44. The van der Waals surface area contributed by atoms with Gasteiger partial charge in [0.05, 0.1) is 5.41 Å². The first-order chi connectivity index (χ1) is 5.91. The van der Waals surface area contributed by atoms with Crippen LogP contribution in [0.4, 0.5) is 0 Å². The van der Waals surface area contributed by atoms with Crippen molar-refractivity contribution in [2.75, 3.05) is 19.6 Å². The van der Waals surface area contributed by atoms with Crippen LogP contribution in [0, 0.1) is 0 Å². The molecule has 0 aliphatic rings. The fourth-order valence-electron chi connectivity index (χ4n) is 0.671. The largest absolute Gasteiger partial charge is 1.00 e. The third kappa shape index (κ3) is 18.1. The van der Waals surface area contributed by atoms with Gasteiger partial charge in [0.25, 0.3) is 10.1 Å². The molecule has 0 saturated carbocycles. The van der Waals surface area contributed by atoms with Crippen molar-refractivity contribution in [2.45, 2.75) is 20.8 Å². The summed E-state index contributed by atoms with van der Waals surface area (Å²) in [4.78, 5) is 2.38. The average molecular weight is 217 g/mol. The van der Waals surface area contributed by atoms with E-state index in [0.717, 1.165) is 0 Å². The number of hydrogen-bond donors (Lipinski definition) is 1. The number of nitrogens with zero attached hydrogens (tertiary/aromatic N) is 1. The van der Waals surface area contributed by atoms with Gasteiger partial charge >= 0.3 is 18.9 Å². The predicted molar refractivity (Wildman–Crippen MR) is 56.3 cm³/mol. The smallest absolute Gasteiger partial charge is 1.00 e. The second-order valence-corrected chi connectivity index (χ2v) is 3.66. The van der Waals surface area contributed by atoms with Gasteiger partial charge in [-0.3, -0.25) is 4.55 Å². The van der Waals surface area contributed by atoms with Gasteiger partial charge in [0, 0.05) is 0 Å². The molecule has 0 saturated heterocycles. The van der Waals surface area contributed by atoms with Crippen molar-refractivity contribution < 1.29 is 33.3 Å². The van der Waals surface area contributed by atoms with Crippen LogP contribution < -0.4 is 18.9 Å². The fourth-order valence-corrected chi connectivity index (χ4v) is 0.671. The van der Waals surface area contributed by atoms with Gasteiger partial charge in [-0.15, -0.1) is 0 Å². The second kappa shape index (κ2) is 11.3. The predicted octanol–water partition coefficient (Wildman–Crippen LogP) is -1.52. The molecule has 14 heavy (non-hydrogen) atoms. The number of hydrogen-bond acceptors (Lipinski definition) is 3. The van der Waals surface area contributed by atoms with E-state index in [0.29, 0.717) is 5.41 Å². The van der Waals surface area contributed by atoms with Crippen molar-refractivity contribution in [2.24, 2.45) is 0 Å². The molecular weight excluding hydrogens is 197 g/mol. The minimum absolute atomic E-state index is 0. The monoisotopic (exact) mass is 217 g/mol. The molecular formula is C8H20LiNO3S. The quantitative estimate of drug-likeness (QED) is 0.459. The zero-order chi connectivity index (χ0) is 10.9. The maximum absolute atomic E-state index is 9.44. The fraction of sp³-hybridized carbons (Fsp3) is 0.750. The van der Waals surface area contributed by atoms with Gasteiger partial charge in [0.15, 0.2) is 0 Å². The first-order valence-electron chi connectivity index (χ1n) is 4.23.